The average molecular weight is 205 g/mol. The summed E-state index contributed by atoms with van der Waals surface area (Å²) in [4.78, 5) is 0. The fourth-order valence-corrected chi connectivity index (χ4v) is 1.97. The van der Waals surface area contributed by atoms with Gasteiger partial charge in [0.05, 0.1) is 0 Å². The Hall–Kier alpha value is -0.820. The summed E-state index contributed by atoms with van der Waals surface area (Å²) in [5, 5.41) is 3.27. The Kier molecular flexibility index (Phi) is 4.83. The summed E-state index contributed by atoms with van der Waals surface area (Å²) in [6.07, 6.45) is 3.73. The Morgan fingerprint density at radius 3 is 2.27 bits per heavy atom. The molecule has 0 aliphatic rings. The molecule has 1 unspecified atom stereocenters. The first kappa shape index (κ1) is 12.3. The van der Waals surface area contributed by atoms with Gasteiger partial charge in [-0.1, -0.05) is 29.3 Å². The molecule has 0 spiro atoms. The van der Waals surface area contributed by atoms with Crippen molar-refractivity contribution < 1.29 is 0 Å². The average Bonchev–Trinajstić information content (AvgIpc) is 2.16. The van der Waals surface area contributed by atoms with Crippen molar-refractivity contribution in [2.24, 2.45) is 0 Å². The van der Waals surface area contributed by atoms with Crippen LogP contribution in [0, 0.1) is 13.8 Å². The van der Waals surface area contributed by atoms with Gasteiger partial charge in [-0.3, -0.25) is 0 Å². The maximum Gasteiger partial charge on any atom is 0.00358 e. The lowest BCUT2D eigenvalue weighted by Crippen LogP contribution is -2.20. The van der Waals surface area contributed by atoms with Gasteiger partial charge in [-0.15, -0.1) is 0 Å². The molecular formula is C14H23N. The van der Waals surface area contributed by atoms with Gasteiger partial charge in [0, 0.05) is 6.04 Å². The fraction of sp³-hybridized carbons (Fsp3) is 0.571. The molecule has 0 bridgehead atoms. The van der Waals surface area contributed by atoms with E-state index in [4.69, 9.17) is 0 Å². The third kappa shape index (κ3) is 4.48. The third-order valence-electron chi connectivity index (χ3n) is 2.88. The van der Waals surface area contributed by atoms with E-state index in [0.717, 1.165) is 0 Å². The lowest BCUT2D eigenvalue weighted by atomic mass is 10.0. The van der Waals surface area contributed by atoms with Crippen LogP contribution < -0.4 is 5.32 Å². The fourth-order valence-electron chi connectivity index (χ4n) is 1.97. The minimum atomic E-state index is 0.635. The molecule has 0 saturated heterocycles. The van der Waals surface area contributed by atoms with Crippen molar-refractivity contribution in [2.45, 2.75) is 46.1 Å². The highest BCUT2D eigenvalue weighted by Gasteiger charge is 2.00. The molecule has 1 aromatic rings. The van der Waals surface area contributed by atoms with Crippen molar-refractivity contribution in [3.05, 3.63) is 34.9 Å². The first-order valence-electron chi connectivity index (χ1n) is 5.86. The second kappa shape index (κ2) is 5.92. The molecule has 0 aliphatic heterocycles. The van der Waals surface area contributed by atoms with Crippen LogP contribution in [0.5, 0.6) is 0 Å². The highest BCUT2D eigenvalue weighted by atomic mass is 14.8. The first-order chi connectivity index (χ1) is 7.11. The second-order valence-corrected chi connectivity index (χ2v) is 4.58. The van der Waals surface area contributed by atoms with E-state index in [1.54, 1.807) is 0 Å². The van der Waals surface area contributed by atoms with Crippen LogP contribution in [-0.4, -0.2) is 13.1 Å². The number of hydrogen-bond donors (Lipinski definition) is 1. The normalized spacial score (nSPS) is 12.8. The zero-order chi connectivity index (χ0) is 11.3. The standard InChI is InChI=1S/C14H23N/c1-11-8-12(2)10-14(9-11)7-5-6-13(3)15-4/h8-10,13,15H,5-7H2,1-4H3. The monoisotopic (exact) mass is 205 g/mol. The smallest absolute Gasteiger partial charge is 0.00358 e. The van der Waals surface area contributed by atoms with Gasteiger partial charge in [0.1, 0.15) is 0 Å². The van der Waals surface area contributed by atoms with Crippen LogP contribution in [0.3, 0.4) is 0 Å². The molecule has 1 rings (SSSR count). The van der Waals surface area contributed by atoms with E-state index in [2.05, 4.69) is 44.3 Å². The van der Waals surface area contributed by atoms with Gasteiger partial charge in [0.15, 0.2) is 0 Å². The van der Waals surface area contributed by atoms with Crippen LogP contribution in [0.4, 0.5) is 0 Å². The van der Waals surface area contributed by atoms with Crippen molar-refractivity contribution in [2.75, 3.05) is 7.05 Å². The molecule has 0 saturated carbocycles. The van der Waals surface area contributed by atoms with Gasteiger partial charge < -0.3 is 5.32 Å². The molecule has 1 aromatic carbocycles. The minimum Gasteiger partial charge on any atom is -0.317 e. The Morgan fingerprint density at radius 1 is 1.13 bits per heavy atom. The number of hydrogen-bond acceptors (Lipinski definition) is 1. The zero-order valence-electron chi connectivity index (χ0n) is 10.4. The van der Waals surface area contributed by atoms with E-state index in [9.17, 15) is 0 Å². The molecule has 1 atom stereocenters. The van der Waals surface area contributed by atoms with Crippen LogP contribution in [0.1, 0.15) is 36.5 Å². The van der Waals surface area contributed by atoms with Gasteiger partial charge in [-0.05, 0) is 52.6 Å². The third-order valence-corrected chi connectivity index (χ3v) is 2.88. The van der Waals surface area contributed by atoms with Crippen LogP contribution in [0.2, 0.25) is 0 Å². The SMILES string of the molecule is CNC(C)CCCc1cc(C)cc(C)c1. The van der Waals surface area contributed by atoms with Crippen molar-refractivity contribution in [3.8, 4) is 0 Å². The highest BCUT2D eigenvalue weighted by molar-refractivity contribution is 5.28. The molecule has 0 aromatic heterocycles. The summed E-state index contributed by atoms with van der Waals surface area (Å²) >= 11 is 0. The maximum absolute atomic E-state index is 3.27. The Labute approximate surface area is 93.9 Å². The molecule has 0 heterocycles. The van der Waals surface area contributed by atoms with Crippen LogP contribution in [0.15, 0.2) is 18.2 Å². The molecule has 0 aliphatic carbocycles. The van der Waals surface area contributed by atoms with Gasteiger partial charge in [-0.2, -0.15) is 0 Å². The quantitative estimate of drug-likeness (QED) is 0.778. The summed E-state index contributed by atoms with van der Waals surface area (Å²) in [5.41, 5.74) is 4.24. The number of nitrogens with one attached hydrogen (secondary N) is 1. The van der Waals surface area contributed by atoms with Crippen molar-refractivity contribution in [1.29, 1.82) is 0 Å². The van der Waals surface area contributed by atoms with Crippen LogP contribution in [-0.2, 0) is 6.42 Å². The van der Waals surface area contributed by atoms with Crippen LogP contribution in [0.25, 0.3) is 0 Å². The number of aryl methyl sites for hydroxylation is 3. The summed E-state index contributed by atoms with van der Waals surface area (Å²) < 4.78 is 0. The summed E-state index contributed by atoms with van der Waals surface area (Å²) in [6.45, 7) is 6.58. The van der Waals surface area contributed by atoms with E-state index in [1.807, 2.05) is 7.05 Å². The Bertz CT molecular complexity index is 284. The van der Waals surface area contributed by atoms with E-state index in [1.165, 1.54) is 36.0 Å². The van der Waals surface area contributed by atoms with Crippen molar-refractivity contribution in [1.82, 2.24) is 5.32 Å². The highest BCUT2D eigenvalue weighted by Crippen LogP contribution is 2.12. The molecule has 0 fully saturated rings. The molecule has 1 nitrogen and oxygen atoms in total. The summed E-state index contributed by atoms with van der Waals surface area (Å²) in [5.74, 6) is 0. The van der Waals surface area contributed by atoms with E-state index < -0.39 is 0 Å². The number of rotatable bonds is 5. The summed E-state index contributed by atoms with van der Waals surface area (Å²) in [7, 11) is 2.03. The summed E-state index contributed by atoms with van der Waals surface area (Å²) in [6, 6.07) is 7.48. The number of benzene rings is 1. The lowest BCUT2D eigenvalue weighted by Gasteiger charge is -2.10. The van der Waals surface area contributed by atoms with E-state index in [0.29, 0.717) is 6.04 Å². The molecule has 15 heavy (non-hydrogen) atoms. The van der Waals surface area contributed by atoms with Gasteiger partial charge in [-0.25, -0.2) is 0 Å². The largest absolute Gasteiger partial charge is 0.317 e. The molecule has 1 N–H and O–H groups in total. The topological polar surface area (TPSA) is 12.0 Å². The first-order valence-corrected chi connectivity index (χ1v) is 5.86. The molecule has 0 amide bonds. The van der Waals surface area contributed by atoms with Crippen molar-refractivity contribution >= 4 is 0 Å². The predicted octanol–water partition coefficient (Wildman–Crippen LogP) is 3.23. The lowest BCUT2D eigenvalue weighted by molar-refractivity contribution is 0.542. The van der Waals surface area contributed by atoms with Gasteiger partial charge in [0.25, 0.3) is 0 Å². The molecule has 0 radical (unpaired) electrons. The van der Waals surface area contributed by atoms with Crippen molar-refractivity contribution in [3.63, 3.8) is 0 Å². The Balaban J connectivity index is 2.43. The van der Waals surface area contributed by atoms with Gasteiger partial charge in [0.2, 0.25) is 0 Å². The van der Waals surface area contributed by atoms with Crippen LogP contribution >= 0.6 is 0 Å². The minimum absolute atomic E-state index is 0.635. The maximum atomic E-state index is 3.27. The van der Waals surface area contributed by atoms with E-state index in [-0.39, 0.29) is 0 Å². The molecule has 1 heteroatoms. The zero-order valence-corrected chi connectivity index (χ0v) is 10.4. The van der Waals surface area contributed by atoms with Gasteiger partial charge >= 0.3 is 0 Å². The molecule has 84 valence electrons. The Morgan fingerprint density at radius 2 is 1.73 bits per heavy atom. The second-order valence-electron chi connectivity index (χ2n) is 4.58. The molecular weight excluding hydrogens is 182 g/mol. The van der Waals surface area contributed by atoms with E-state index >= 15 is 0 Å². The predicted molar refractivity (Wildman–Crippen MR) is 67.4 cm³/mol.